The zero-order chi connectivity index (χ0) is 20.2. The third kappa shape index (κ3) is 8.44. The average Bonchev–Trinajstić information content (AvgIpc) is 2.70. The van der Waals surface area contributed by atoms with Crippen LogP contribution in [0.25, 0.3) is 0 Å². The minimum absolute atomic E-state index is 0.340. The molecule has 0 aromatic heterocycles. The van der Waals surface area contributed by atoms with E-state index < -0.39 is 0 Å². The number of likely N-dealkylation sites (N-methyl/N-ethyl adjacent to an activating group) is 1. The van der Waals surface area contributed by atoms with Crippen LogP contribution in [0.15, 0.2) is 59.6 Å². The Morgan fingerprint density at radius 1 is 1.07 bits per heavy atom. The second kappa shape index (κ2) is 12.0. The summed E-state index contributed by atoms with van der Waals surface area (Å²) in [5, 5.41) is 6.86. The van der Waals surface area contributed by atoms with Crippen LogP contribution in [0, 0.1) is 0 Å². The molecule has 0 bridgehead atoms. The maximum Gasteiger partial charge on any atom is 0.191 e. The molecule has 0 aliphatic heterocycles. The van der Waals surface area contributed by atoms with Crippen LogP contribution in [0.2, 0.25) is 0 Å². The van der Waals surface area contributed by atoms with Gasteiger partial charge in [0.1, 0.15) is 12.4 Å². The predicted octanol–water partition coefficient (Wildman–Crippen LogP) is 3.31. The smallest absolute Gasteiger partial charge is 0.191 e. The lowest BCUT2D eigenvalue weighted by molar-refractivity contribution is 0.261. The molecule has 0 amide bonds. The Morgan fingerprint density at radius 3 is 2.54 bits per heavy atom. The highest BCUT2D eigenvalue weighted by atomic mass is 16.5. The van der Waals surface area contributed by atoms with Crippen molar-refractivity contribution in [3.05, 3.63) is 65.7 Å². The molecule has 0 saturated carbocycles. The number of nitrogens with one attached hydrogen (secondary N) is 2. The Morgan fingerprint density at radius 2 is 1.82 bits per heavy atom. The van der Waals surface area contributed by atoms with Gasteiger partial charge in [-0.25, -0.2) is 0 Å². The van der Waals surface area contributed by atoms with Crippen molar-refractivity contribution in [3.63, 3.8) is 0 Å². The van der Waals surface area contributed by atoms with E-state index >= 15 is 0 Å². The first-order chi connectivity index (χ1) is 13.6. The molecule has 1 atom stereocenters. The molecule has 0 fully saturated rings. The third-order valence-electron chi connectivity index (χ3n) is 4.48. The summed E-state index contributed by atoms with van der Waals surface area (Å²) < 4.78 is 5.81. The summed E-state index contributed by atoms with van der Waals surface area (Å²) in [6.07, 6.45) is 2.11. The summed E-state index contributed by atoms with van der Waals surface area (Å²) in [7, 11) is 5.90. The van der Waals surface area contributed by atoms with Gasteiger partial charge in [-0.3, -0.25) is 4.99 Å². The van der Waals surface area contributed by atoms with Crippen LogP contribution in [-0.4, -0.2) is 51.2 Å². The Hall–Kier alpha value is -2.53. The van der Waals surface area contributed by atoms with Gasteiger partial charge in [0.2, 0.25) is 0 Å². The number of benzene rings is 2. The fourth-order valence-corrected chi connectivity index (χ4v) is 2.81. The highest BCUT2D eigenvalue weighted by molar-refractivity contribution is 5.79. The normalized spacial score (nSPS) is 12.7. The van der Waals surface area contributed by atoms with Gasteiger partial charge in [0.15, 0.2) is 5.96 Å². The molecule has 0 radical (unpaired) electrons. The Labute approximate surface area is 169 Å². The predicted molar refractivity (Wildman–Crippen MR) is 118 cm³/mol. The second-order valence-electron chi connectivity index (χ2n) is 7.29. The van der Waals surface area contributed by atoms with Crippen molar-refractivity contribution in [2.45, 2.75) is 32.4 Å². The number of aryl methyl sites for hydroxylation is 1. The molecule has 0 aliphatic rings. The maximum atomic E-state index is 5.81. The molecule has 2 aromatic rings. The summed E-state index contributed by atoms with van der Waals surface area (Å²) in [5.74, 6) is 1.72. The topological polar surface area (TPSA) is 48.9 Å². The van der Waals surface area contributed by atoms with Crippen LogP contribution < -0.4 is 15.4 Å². The molecule has 2 aromatic carbocycles. The van der Waals surface area contributed by atoms with Gasteiger partial charge < -0.3 is 20.3 Å². The molecule has 2 rings (SSSR count). The van der Waals surface area contributed by atoms with Crippen molar-refractivity contribution >= 4 is 5.96 Å². The monoisotopic (exact) mass is 382 g/mol. The Bertz CT molecular complexity index is 716. The fourth-order valence-electron chi connectivity index (χ4n) is 2.81. The minimum atomic E-state index is 0.340. The Balaban J connectivity index is 1.76. The van der Waals surface area contributed by atoms with E-state index in [0.29, 0.717) is 19.2 Å². The van der Waals surface area contributed by atoms with Crippen LogP contribution in [-0.2, 0) is 13.0 Å². The van der Waals surface area contributed by atoms with Gasteiger partial charge in [0.25, 0.3) is 0 Å². The zero-order valence-electron chi connectivity index (χ0n) is 17.6. The molecule has 0 spiro atoms. The number of guanidine groups is 1. The number of aliphatic imine (C=N–C) groups is 1. The molecule has 5 nitrogen and oxygen atoms in total. The van der Waals surface area contributed by atoms with Gasteiger partial charge >= 0.3 is 0 Å². The van der Waals surface area contributed by atoms with E-state index in [4.69, 9.17) is 4.74 Å². The van der Waals surface area contributed by atoms with Crippen LogP contribution >= 0.6 is 0 Å². The van der Waals surface area contributed by atoms with E-state index in [1.165, 1.54) is 11.1 Å². The summed E-state index contributed by atoms with van der Waals surface area (Å²) in [6, 6.07) is 19.1. The van der Waals surface area contributed by atoms with Crippen molar-refractivity contribution in [1.29, 1.82) is 0 Å². The lowest BCUT2D eigenvalue weighted by Crippen LogP contribution is -2.42. The van der Waals surface area contributed by atoms with Gasteiger partial charge in [-0.05, 0) is 57.1 Å². The van der Waals surface area contributed by atoms with E-state index in [1.54, 1.807) is 7.05 Å². The number of ether oxygens (including phenoxy) is 1. The first-order valence-electron chi connectivity index (χ1n) is 9.94. The zero-order valence-corrected chi connectivity index (χ0v) is 17.6. The largest absolute Gasteiger partial charge is 0.492 e. The van der Waals surface area contributed by atoms with Gasteiger partial charge in [-0.2, -0.15) is 0 Å². The Kier molecular flexibility index (Phi) is 9.35. The van der Waals surface area contributed by atoms with E-state index in [-0.39, 0.29) is 0 Å². The molecular weight excluding hydrogens is 348 g/mol. The SMILES string of the molecule is CN=C(NCc1cccc(OCCN(C)C)c1)NC(C)CCc1ccccc1. The van der Waals surface area contributed by atoms with E-state index in [2.05, 4.69) is 69.9 Å². The molecular formula is C23H34N4O. The summed E-state index contributed by atoms with van der Waals surface area (Å²) >= 11 is 0. The standard InChI is InChI=1S/C23H34N4O/c1-19(13-14-20-9-6-5-7-10-20)26-23(24-2)25-18-21-11-8-12-22(17-21)28-16-15-27(3)4/h5-12,17,19H,13-16,18H2,1-4H3,(H2,24,25,26). The van der Waals surface area contributed by atoms with E-state index in [1.807, 2.05) is 26.2 Å². The first kappa shape index (κ1) is 21.8. The number of rotatable bonds is 10. The summed E-state index contributed by atoms with van der Waals surface area (Å²) in [6.45, 7) is 4.48. The van der Waals surface area contributed by atoms with Crippen molar-refractivity contribution in [2.24, 2.45) is 4.99 Å². The molecule has 0 aliphatic carbocycles. The number of hydrogen-bond acceptors (Lipinski definition) is 3. The molecule has 0 saturated heterocycles. The highest BCUT2D eigenvalue weighted by Gasteiger charge is 2.06. The quantitative estimate of drug-likeness (QED) is 0.489. The van der Waals surface area contributed by atoms with Crippen LogP contribution in [0.5, 0.6) is 5.75 Å². The molecule has 0 heterocycles. The fraction of sp³-hybridized carbons (Fsp3) is 0.435. The first-order valence-corrected chi connectivity index (χ1v) is 9.94. The maximum absolute atomic E-state index is 5.81. The third-order valence-corrected chi connectivity index (χ3v) is 4.48. The molecule has 28 heavy (non-hydrogen) atoms. The van der Waals surface area contributed by atoms with E-state index in [9.17, 15) is 0 Å². The van der Waals surface area contributed by atoms with E-state index in [0.717, 1.165) is 31.1 Å². The minimum Gasteiger partial charge on any atom is -0.492 e. The lowest BCUT2D eigenvalue weighted by atomic mass is 10.1. The molecule has 2 N–H and O–H groups in total. The van der Waals surface area contributed by atoms with Crippen molar-refractivity contribution in [2.75, 3.05) is 34.3 Å². The van der Waals surface area contributed by atoms with Crippen molar-refractivity contribution in [1.82, 2.24) is 15.5 Å². The second-order valence-corrected chi connectivity index (χ2v) is 7.29. The van der Waals surface area contributed by atoms with Crippen LogP contribution in [0.3, 0.4) is 0 Å². The highest BCUT2D eigenvalue weighted by Crippen LogP contribution is 2.13. The van der Waals surface area contributed by atoms with Crippen molar-refractivity contribution in [3.8, 4) is 5.75 Å². The van der Waals surface area contributed by atoms with Gasteiger partial charge in [-0.1, -0.05) is 42.5 Å². The van der Waals surface area contributed by atoms with Crippen LogP contribution in [0.4, 0.5) is 0 Å². The van der Waals surface area contributed by atoms with Gasteiger partial charge in [-0.15, -0.1) is 0 Å². The van der Waals surface area contributed by atoms with Gasteiger partial charge in [0, 0.05) is 26.2 Å². The number of hydrogen-bond donors (Lipinski definition) is 2. The molecule has 1 unspecified atom stereocenters. The average molecular weight is 383 g/mol. The van der Waals surface area contributed by atoms with Gasteiger partial charge in [0.05, 0.1) is 0 Å². The summed E-state index contributed by atoms with van der Waals surface area (Å²) in [4.78, 5) is 6.46. The molecule has 152 valence electrons. The number of nitrogens with zero attached hydrogens (tertiary/aromatic N) is 2. The van der Waals surface area contributed by atoms with Crippen molar-refractivity contribution < 1.29 is 4.74 Å². The van der Waals surface area contributed by atoms with Crippen LogP contribution in [0.1, 0.15) is 24.5 Å². The summed E-state index contributed by atoms with van der Waals surface area (Å²) in [5.41, 5.74) is 2.53. The molecule has 5 heteroatoms. The lowest BCUT2D eigenvalue weighted by Gasteiger charge is -2.18.